The lowest BCUT2D eigenvalue weighted by molar-refractivity contribution is 0.100. The first-order chi connectivity index (χ1) is 7.17. The largest absolute Gasteiger partial charge is 0.395 e. The van der Waals surface area contributed by atoms with E-state index in [1.807, 2.05) is 6.08 Å². The monoisotopic (exact) mass is 211 g/mol. The van der Waals surface area contributed by atoms with Gasteiger partial charge in [0.15, 0.2) is 0 Å². The smallest absolute Gasteiger partial charge is 0.0558 e. The minimum absolute atomic E-state index is 0.257. The van der Waals surface area contributed by atoms with Crippen molar-refractivity contribution in [2.24, 2.45) is 11.8 Å². The molecule has 0 saturated heterocycles. The molecule has 2 unspecified atom stereocenters. The normalized spacial score (nSPS) is 31.9. The molecule has 2 heteroatoms. The molecule has 1 saturated carbocycles. The molecular weight excluding hydrogens is 186 g/mol. The van der Waals surface area contributed by atoms with Crippen LogP contribution in [0.25, 0.3) is 0 Å². The van der Waals surface area contributed by atoms with Crippen LogP contribution in [0.5, 0.6) is 0 Å². The number of nitrogens with zero attached hydrogens (tertiary/aromatic N) is 1. The van der Waals surface area contributed by atoms with Gasteiger partial charge in [0.2, 0.25) is 0 Å². The maximum atomic E-state index is 9.05. The van der Waals surface area contributed by atoms with Crippen molar-refractivity contribution in [1.29, 1.82) is 0 Å². The molecule has 0 aliphatic heterocycles. The molecule has 0 spiro atoms. The maximum absolute atomic E-state index is 9.05. The molecule has 88 valence electrons. The highest BCUT2D eigenvalue weighted by atomic mass is 16.3. The summed E-state index contributed by atoms with van der Waals surface area (Å²) in [6.45, 7) is 10.4. The Morgan fingerprint density at radius 1 is 1.27 bits per heavy atom. The third-order valence-corrected chi connectivity index (χ3v) is 3.42. The highest BCUT2D eigenvalue weighted by Gasteiger charge is 2.27. The summed E-state index contributed by atoms with van der Waals surface area (Å²) in [7, 11) is 0. The summed E-state index contributed by atoms with van der Waals surface area (Å²) in [5.74, 6) is 1.65. The van der Waals surface area contributed by atoms with E-state index in [0.717, 1.165) is 24.9 Å². The minimum atomic E-state index is 0.257. The van der Waals surface area contributed by atoms with Crippen molar-refractivity contribution < 1.29 is 5.11 Å². The number of aliphatic hydroxyl groups excluding tert-OH is 1. The number of aliphatic hydroxyl groups is 1. The first-order valence-electron chi connectivity index (χ1n) is 6.13. The van der Waals surface area contributed by atoms with Gasteiger partial charge >= 0.3 is 0 Å². The molecule has 15 heavy (non-hydrogen) atoms. The Morgan fingerprint density at radius 2 is 1.87 bits per heavy atom. The fourth-order valence-electron chi connectivity index (χ4n) is 2.92. The Morgan fingerprint density at radius 3 is 2.33 bits per heavy atom. The van der Waals surface area contributed by atoms with Crippen molar-refractivity contribution >= 4 is 0 Å². The molecule has 0 aromatic rings. The van der Waals surface area contributed by atoms with Gasteiger partial charge in [0.05, 0.1) is 6.61 Å². The van der Waals surface area contributed by atoms with Gasteiger partial charge in [-0.2, -0.15) is 0 Å². The van der Waals surface area contributed by atoms with E-state index in [2.05, 4.69) is 25.3 Å². The van der Waals surface area contributed by atoms with Gasteiger partial charge in [-0.3, -0.25) is 4.90 Å². The molecular formula is C13H25NO. The zero-order valence-electron chi connectivity index (χ0n) is 10.2. The lowest BCUT2D eigenvalue weighted by atomic mass is 9.80. The van der Waals surface area contributed by atoms with Crippen LogP contribution in [0.15, 0.2) is 12.7 Å². The molecule has 0 radical (unpaired) electrons. The van der Waals surface area contributed by atoms with E-state index in [-0.39, 0.29) is 6.61 Å². The second-order valence-corrected chi connectivity index (χ2v) is 5.08. The lowest BCUT2D eigenvalue weighted by Gasteiger charge is -2.38. The summed E-state index contributed by atoms with van der Waals surface area (Å²) in [5.41, 5.74) is 0. The SMILES string of the molecule is C=CCN(CCO)C1CC(C)CC(C)C1. The third-order valence-electron chi connectivity index (χ3n) is 3.42. The van der Waals surface area contributed by atoms with E-state index in [1.165, 1.54) is 19.3 Å². The Balaban J connectivity index is 2.52. The van der Waals surface area contributed by atoms with Crippen molar-refractivity contribution in [3.63, 3.8) is 0 Å². The summed E-state index contributed by atoms with van der Waals surface area (Å²) in [4.78, 5) is 2.37. The highest BCUT2D eigenvalue weighted by Crippen LogP contribution is 2.31. The molecule has 1 fully saturated rings. The molecule has 2 atom stereocenters. The Labute approximate surface area is 94.0 Å². The summed E-state index contributed by atoms with van der Waals surface area (Å²) in [5, 5.41) is 9.05. The van der Waals surface area contributed by atoms with Crippen molar-refractivity contribution in [3.8, 4) is 0 Å². The zero-order valence-corrected chi connectivity index (χ0v) is 10.2. The van der Waals surface area contributed by atoms with Crippen LogP contribution in [0.2, 0.25) is 0 Å². The molecule has 0 bridgehead atoms. The van der Waals surface area contributed by atoms with Gasteiger partial charge in [-0.15, -0.1) is 6.58 Å². The molecule has 0 aromatic carbocycles. The molecule has 2 nitrogen and oxygen atoms in total. The molecule has 1 aliphatic rings. The van der Waals surface area contributed by atoms with E-state index < -0.39 is 0 Å². The molecule has 1 N–H and O–H groups in total. The Hall–Kier alpha value is -0.340. The number of hydrogen-bond donors (Lipinski definition) is 1. The first kappa shape index (κ1) is 12.7. The van der Waals surface area contributed by atoms with Crippen molar-refractivity contribution in [2.45, 2.75) is 39.2 Å². The summed E-state index contributed by atoms with van der Waals surface area (Å²) < 4.78 is 0. The summed E-state index contributed by atoms with van der Waals surface area (Å²) in [6, 6.07) is 0.647. The fraction of sp³-hybridized carbons (Fsp3) is 0.846. The molecule has 0 heterocycles. The Kier molecular flexibility index (Phi) is 5.34. The maximum Gasteiger partial charge on any atom is 0.0558 e. The minimum Gasteiger partial charge on any atom is -0.395 e. The van der Waals surface area contributed by atoms with Crippen LogP contribution in [0.3, 0.4) is 0 Å². The third kappa shape index (κ3) is 3.96. The van der Waals surface area contributed by atoms with Gasteiger partial charge in [-0.1, -0.05) is 19.9 Å². The number of hydrogen-bond acceptors (Lipinski definition) is 2. The molecule has 1 aliphatic carbocycles. The van der Waals surface area contributed by atoms with E-state index in [0.29, 0.717) is 6.04 Å². The highest BCUT2D eigenvalue weighted by molar-refractivity contribution is 4.85. The summed E-state index contributed by atoms with van der Waals surface area (Å²) >= 11 is 0. The van der Waals surface area contributed by atoms with Crippen LogP contribution in [-0.4, -0.2) is 35.7 Å². The van der Waals surface area contributed by atoms with E-state index in [1.54, 1.807) is 0 Å². The van der Waals surface area contributed by atoms with Crippen LogP contribution in [-0.2, 0) is 0 Å². The quantitative estimate of drug-likeness (QED) is 0.705. The second-order valence-electron chi connectivity index (χ2n) is 5.08. The van der Waals surface area contributed by atoms with Crippen LogP contribution >= 0.6 is 0 Å². The van der Waals surface area contributed by atoms with Gasteiger partial charge in [-0.05, 0) is 31.1 Å². The predicted molar refractivity (Wildman–Crippen MR) is 64.8 cm³/mol. The molecule has 0 amide bonds. The lowest BCUT2D eigenvalue weighted by Crippen LogP contribution is -2.42. The van der Waals surface area contributed by atoms with Gasteiger partial charge in [-0.25, -0.2) is 0 Å². The fourth-order valence-corrected chi connectivity index (χ4v) is 2.92. The Bertz CT molecular complexity index is 183. The van der Waals surface area contributed by atoms with Crippen molar-refractivity contribution in [3.05, 3.63) is 12.7 Å². The van der Waals surface area contributed by atoms with Crippen LogP contribution in [0, 0.1) is 11.8 Å². The zero-order chi connectivity index (χ0) is 11.3. The van der Waals surface area contributed by atoms with Crippen LogP contribution in [0.4, 0.5) is 0 Å². The van der Waals surface area contributed by atoms with E-state index >= 15 is 0 Å². The van der Waals surface area contributed by atoms with E-state index in [4.69, 9.17) is 5.11 Å². The second kappa shape index (κ2) is 6.29. The summed E-state index contributed by atoms with van der Waals surface area (Å²) in [6.07, 6.45) is 5.85. The van der Waals surface area contributed by atoms with E-state index in [9.17, 15) is 0 Å². The first-order valence-corrected chi connectivity index (χ1v) is 6.13. The van der Waals surface area contributed by atoms with Crippen LogP contribution < -0.4 is 0 Å². The van der Waals surface area contributed by atoms with Crippen LogP contribution in [0.1, 0.15) is 33.1 Å². The number of rotatable bonds is 5. The predicted octanol–water partition coefficient (Wildman–Crippen LogP) is 2.29. The van der Waals surface area contributed by atoms with Crippen molar-refractivity contribution in [2.75, 3.05) is 19.7 Å². The average Bonchev–Trinajstić information content (AvgIpc) is 2.16. The standard InChI is InChI=1S/C13H25NO/c1-4-5-14(6-7-15)13-9-11(2)8-12(3)10-13/h4,11-13,15H,1,5-10H2,2-3H3. The van der Waals surface area contributed by atoms with Gasteiger partial charge in [0.1, 0.15) is 0 Å². The van der Waals surface area contributed by atoms with Crippen molar-refractivity contribution in [1.82, 2.24) is 4.90 Å². The van der Waals surface area contributed by atoms with Gasteiger partial charge in [0.25, 0.3) is 0 Å². The van der Waals surface area contributed by atoms with Gasteiger partial charge in [0, 0.05) is 19.1 Å². The average molecular weight is 211 g/mol. The topological polar surface area (TPSA) is 23.5 Å². The van der Waals surface area contributed by atoms with Gasteiger partial charge < -0.3 is 5.11 Å². The molecule has 1 rings (SSSR count). The molecule has 0 aromatic heterocycles.